The molecule has 3 unspecified atom stereocenters. The Labute approximate surface area is 193 Å². The fraction of sp³-hybridized carbons (Fsp3) is 0.360. The first-order chi connectivity index (χ1) is 14.9. The number of rotatable bonds is 4. The van der Waals surface area contributed by atoms with Gasteiger partial charge in [0.25, 0.3) is 5.91 Å². The number of nitrogens with zero attached hydrogens (tertiary/aromatic N) is 1. The molecule has 2 aromatic rings. The summed E-state index contributed by atoms with van der Waals surface area (Å²) in [6.07, 6.45) is 5.20. The average molecular weight is 455 g/mol. The van der Waals surface area contributed by atoms with Gasteiger partial charge in [0.15, 0.2) is 0 Å². The molecule has 0 saturated heterocycles. The summed E-state index contributed by atoms with van der Waals surface area (Å²) in [5, 5.41) is 3.85. The summed E-state index contributed by atoms with van der Waals surface area (Å²) in [5.74, 6) is 0.783. The maximum absolute atomic E-state index is 13.3. The number of halogens is 1. The van der Waals surface area contributed by atoms with Gasteiger partial charge in [-0.05, 0) is 54.2 Å². The topological polar surface area (TPSA) is 49.4 Å². The van der Waals surface area contributed by atoms with Gasteiger partial charge in [0.2, 0.25) is 5.91 Å². The monoisotopic (exact) mass is 454 g/mol. The summed E-state index contributed by atoms with van der Waals surface area (Å²) in [4.78, 5) is 29.4. The highest BCUT2D eigenvalue weighted by molar-refractivity contribution is 8.04. The van der Waals surface area contributed by atoms with Crippen LogP contribution in [0.3, 0.4) is 0 Å². The molecule has 4 nitrogen and oxygen atoms in total. The van der Waals surface area contributed by atoms with E-state index in [1.54, 1.807) is 17.0 Å². The molecule has 0 spiro atoms. The van der Waals surface area contributed by atoms with E-state index in [1.807, 2.05) is 42.5 Å². The highest BCUT2D eigenvalue weighted by atomic mass is 35.5. The lowest BCUT2D eigenvalue weighted by molar-refractivity contribution is -0.123. The molecule has 1 heterocycles. The Balaban J connectivity index is 1.56. The molecule has 1 saturated carbocycles. The van der Waals surface area contributed by atoms with Crippen molar-refractivity contribution in [3.63, 3.8) is 0 Å². The van der Waals surface area contributed by atoms with Gasteiger partial charge in [-0.3, -0.25) is 14.5 Å². The van der Waals surface area contributed by atoms with Crippen molar-refractivity contribution in [1.82, 2.24) is 5.32 Å². The lowest BCUT2D eigenvalue weighted by Crippen LogP contribution is -2.49. The summed E-state index contributed by atoms with van der Waals surface area (Å²) in [5.41, 5.74) is 1.68. The molecule has 31 heavy (non-hydrogen) atoms. The van der Waals surface area contributed by atoms with E-state index in [1.165, 1.54) is 18.2 Å². The van der Waals surface area contributed by atoms with E-state index in [4.69, 9.17) is 11.6 Å². The van der Waals surface area contributed by atoms with E-state index in [0.29, 0.717) is 21.8 Å². The summed E-state index contributed by atoms with van der Waals surface area (Å²) in [7, 11) is 0. The smallest absolute Gasteiger partial charge is 0.265 e. The highest BCUT2D eigenvalue weighted by Gasteiger charge is 2.32. The van der Waals surface area contributed by atoms with Gasteiger partial charge in [-0.2, -0.15) is 0 Å². The number of thioether (sulfide) groups is 1. The Morgan fingerprint density at radius 2 is 1.90 bits per heavy atom. The van der Waals surface area contributed by atoms with Crippen LogP contribution in [0.1, 0.15) is 38.7 Å². The minimum atomic E-state index is -0.154. The number of hydrogen-bond acceptors (Lipinski definition) is 3. The Bertz CT molecular complexity index is 1000. The summed E-state index contributed by atoms with van der Waals surface area (Å²) in [6.45, 7) is 4.48. The minimum absolute atomic E-state index is 0.0198. The van der Waals surface area contributed by atoms with Crippen LogP contribution in [0.2, 0.25) is 5.02 Å². The second-order valence-electron chi connectivity index (χ2n) is 8.46. The third-order valence-corrected chi connectivity index (χ3v) is 7.68. The lowest BCUT2D eigenvalue weighted by atomic mass is 9.78. The fourth-order valence-corrected chi connectivity index (χ4v) is 5.50. The molecule has 4 rings (SSSR count). The number of benzene rings is 2. The van der Waals surface area contributed by atoms with E-state index in [-0.39, 0.29) is 24.4 Å². The number of carbonyl (C=O) groups is 2. The molecule has 1 aliphatic carbocycles. The zero-order chi connectivity index (χ0) is 22.0. The van der Waals surface area contributed by atoms with Crippen molar-refractivity contribution in [2.24, 2.45) is 11.8 Å². The first-order valence-electron chi connectivity index (χ1n) is 10.8. The van der Waals surface area contributed by atoms with Gasteiger partial charge in [0.05, 0.1) is 10.6 Å². The highest BCUT2D eigenvalue weighted by Crippen LogP contribution is 2.42. The van der Waals surface area contributed by atoms with Gasteiger partial charge < -0.3 is 5.32 Å². The van der Waals surface area contributed by atoms with Crippen molar-refractivity contribution < 1.29 is 9.59 Å². The van der Waals surface area contributed by atoms with Gasteiger partial charge in [-0.25, -0.2) is 0 Å². The van der Waals surface area contributed by atoms with Crippen LogP contribution in [0, 0.1) is 11.8 Å². The third kappa shape index (κ3) is 4.99. The van der Waals surface area contributed by atoms with E-state index < -0.39 is 0 Å². The zero-order valence-corrected chi connectivity index (χ0v) is 19.4. The zero-order valence-electron chi connectivity index (χ0n) is 17.8. The molecule has 2 aromatic carbocycles. The maximum Gasteiger partial charge on any atom is 0.265 e. The number of para-hydroxylation sites is 1. The van der Waals surface area contributed by atoms with Crippen molar-refractivity contribution in [3.05, 3.63) is 64.0 Å². The molecule has 2 amide bonds. The number of hydrogen-bond donors (Lipinski definition) is 1. The molecule has 2 aliphatic rings. The van der Waals surface area contributed by atoms with Gasteiger partial charge >= 0.3 is 0 Å². The number of fused-ring (bicyclic) bond motifs is 1. The molecule has 6 heteroatoms. The van der Waals surface area contributed by atoms with E-state index in [0.717, 1.165) is 29.0 Å². The number of amides is 2. The second kappa shape index (κ2) is 9.49. The van der Waals surface area contributed by atoms with E-state index in [9.17, 15) is 9.59 Å². The van der Waals surface area contributed by atoms with Crippen molar-refractivity contribution >= 4 is 46.9 Å². The van der Waals surface area contributed by atoms with Crippen molar-refractivity contribution in [1.29, 1.82) is 0 Å². The van der Waals surface area contributed by atoms with E-state index >= 15 is 0 Å². The fourth-order valence-electron chi connectivity index (χ4n) is 4.31. The maximum atomic E-state index is 13.3. The number of nitrogens with one attached hydrogen (secondary N) is 1. The first-order valence-corrected chi connectivity index (χ1v) is 12.0. The Kier molecular flexibility index (Phi) is 6.73. The van der Waals surface area contributed by atoms with Crippen molar-refractivity contribution in [2.75, 3.05) is 11.4 Å². The quantitative estimate of drug-likeness (QED) is 0.597. The molecular weight excluding hydrogens is 428 g/mol. The molecule has 0 bridgehead atoms. The van der Waals surface area contributed by atoms with Crippen molar-refractivity contribution in [3.8, 4) is 0 Å². The van der Waals surface area contributed by atoms with Crippen LogP contribution in [0.25, 0.3) is 6.08 Å². The first kappa shape index (κ1) is 22.0. The second-order valence-corrected chi connectivity index (χ2v) is 9.98. The van der Waals surface area contributed by atoms with Crippen LogP contribution < -0.4 is 10.2 Å². The predicted molar refractivity (Wildman–Crippen MR) is 128 cm³/mol. The van der Waals surface area contributed by atoms with Gasteiger partial charge in [-0.1, -0.05) is 74.3 Å². The molecule has 1 aliphatic heterocycles. The van der Waals surface area contributed by atoms with Crippen LogP contribution >= 0.6 is 23.4 Å². The molecule has 0 aromatic heterocycles. The van der Waals surface area contributed by atoms with Crippen LogP contribution in [-0.2, 0) is 9.59 Å². The number of carbonyl (C=O) groups excluding carboxylic acids is 2. The molecule has 3 atom stereocenters. The van der Waals surface area contributed by atoms with Crippen LogP contribution in [-0.4, -0.2) is 24.4 Å². The largest absolute Gasteiger partial charge is 0.352 e. The SMILES string of the molecule is CC1CCCC(NC(=O)CN2C(=O)/C(=C\c3ccc(Cl)cc3)Sc3ccccc32)C1C. The number of anilines is 1. The predicted octanol–water partition coefficient (Wildman–Crippen LogP) is 5.76. The van der Waals surface area contributed by atoms with Crippen LogP contribution in [0.15, 0.2) is 58.3 Å². The molecule has 1 fully saturated rings. The lowest BCUT2D eigenvalue weighted by Gasteiger charge is -2.35. The Hall–Kier alpha value is -2.24. The summed E-state index contributed by atoms with van der Waals surface area (Å²) in [6, 6.07) is 15.3. The molecule has 1 N–H and O–H groups in total. The summed E-state index contributed by atoms with van der Waals surface area (Å²) >= 11 is 7.42. The van der Waals surface area contributed by atoms with E-state index in [2.05, 4.69) is 19.2 Å². The Morgan fingerprint density at radius 3 is 2.68 bits per heavy atom. The van der Waals surface area contributed by atoms with Gasteiger partial charge in [-0.15, -0.1) is 0 Å². The van der Waals surface area contributed by atoms with Crippen LogP contribution in [0.4, 0.5) is 5.69 Å². The van der Waals surface area contributed by atoms with Gasteiger partial charge in [0, 0.05) is 16.0 Å². The van der Waals surface area contributed by atoms with Gasteiger partial charge in [0.1, 0.15) is 6.54 Å². The molecule has 0 radical (unpaired) electrons. The van der Waals surface area contributed by atoms with Crippen LogP contribution in [0.5, 0.6) is 0 Å². The molecule has 162 valence electrons. The average Bonchev–Trinajstić information content (AvgIpc) is 2.76. The molecular formula is C25H27ClN2O2S. The van der Waals surface area contributed by atoms with Crippen molar-refractivity contribution in [2.45, 2.75) is 44.0 Å². The third-order valence-electron chi connectivity index (χ3n) is 6.35. The standard InChI is InChI=1S/C25H27ClN2O2S/c1-16-6-5-7-20(17(16)2)27-24(29)15-28-21-8-3-4-9-22(21)31-23(25(28)30)14-18-10-12-19(26)13-11-18/h3-4,8-14,16-17,20H,5-7,15H2,1-2H3,(H,27,29)/b23-14+. The normalized spacial score (nSPS) is 24.7. The Morgan fingerprint density at radius 1 is 1.16 bits per heavy atom. The minimum Gasteiger partial charge on any atom is -0.352 e. The summed E-state index contributed by atoms with van der Waals surface area (Å²) < 4.78 is 0.